The third-order valence-electron chi connectivity index (χ3n) is 3.46. The largest absolute Gasteiger partial charge is 0.390 e. The van der Waals surface area contributed by atoms with Gasteiger partial charge >= 0.3 is 0 Å². The number of halogens is 1. The van der Waals surface area contributed by atoms with Crippen LogP contribution in [-0.2, 0) is 19.4 Å². The smallest absolute Gasteiger partial charge is 0.0766 e. The van der Waals surface area contributed by atoms with Crippen molar-refractivity contribution in [2.75, 3.05) is 0 Å². The van der Waals surface area contributed by atoms with Crippen LogP contribution < -0.4 is 0 Å². The van der Waals surface area contributed by atoms with E-state index in [0.717, 1.165) is 28.8 Å². The molecule has 0 fully saturated rings. The minimum Gasteiger partial charge on any atom is -0.390 e. The van der Waals surface area contributed by atoms with Crippen LogP contribution in [0, 0.1) is 5.92 Å². The highest BCUT2D eigenvalue weighted by Gasteiger charge is 2.28. The average molecular weight is 303 g/mol. The van der Waals surface area contributed by atoms with Crippen molar-refractivity contribution in [2.45, 2.75) is 59.6 Å². The molecule has 0 aromatic carbocycles. The number of rotatable bonds is 5. The summed E-state index contributed by atoms with van der Waals surface area (Å²) in [5.74, 6) is 0.222. The molecular formula is C13H23BrN2O. The van der Waals surface area contributed by atoms with E-state index < -0.39 is 5.60 Å². The van der Waals surface area contributed by atoms with Gasteiger partial charge in [-0.15, -0.1) is 0 Å². The molecule has 1 rings (SSSR count). The van der Waals surface area contributed by atoms with Crippen LogP contribution in [0.5, 0.6) is 0 Å². The van der Waals surface area contributed by atoms with Crippen LogP contribution in [0.15, 0.2) is 4.47 Å². The van der Waals surface area contributed by atoms with Crippen LogP contribution in [0.25, 0.3) is 0 Å². The van der Waals surface area contributed by atoms with E-state index in [1.54, 1.807) is 0 Å². The molecule has 1 aromatic rings. The van der Waals surface area contributed by atoms with Crippen molar-refractivity contribution in [3.8, 4) is 0 Å². The second-order valence-electron chi connectivity index (χ2n) is 5.07. The highest BCUT2D eigenvalue weighted by molar-refractivity contribution is 9.10. The van der Waals surface area contributed by atoms with Crippen molar-refractivity contribution in [1.29, 1.82) is 0 Å². The predicted octanol–water partition coefficient (Wildman–Crippen LogP) is 3.18. The molecule has 0 radical (unpaired) electrons. The maximum Gasteiger partial charge on any atom is 0.0766 e. The van der Waals surface area contributed by atoms with Crippen molar-refractivity contribution in [2.24, 2.45) is 5.92 Å². The van der Waals surface area contributed by atoms with Crippen molar-refractivity contribution >= 4 is 15.9 Å². The Kier molecular flexibility index (Phi) is 4.78. The minimum atomic E-state index is -0.694. The zero-order chi connectivity index (χ0) is 13.2. The van der Waals surface area contributed by atoms with Gasteiger partial charge in [-0.05, 0) is 42.1 Å². The van der Waals surface area contributed by atoms with E-state index >= 15 is 0 Å². The van der Waals surface area contributed by atoms with E-state index in [0.29, 0.717) is 6.42 Å². The zero-order valence-corrected chi connectivity index (χ0v) is 13.0. The Bertz CT molecular complexity index is 383. The molecule has 1 aromatic heterocycles. The fourth-order valence-electron chi connectivity index (χ4n) is 1.73. The molecule has 0 saturated carbocycles. The molecule has 0 aliphatic heterocycles. The highest BCUT2D eigenvalue weighted by Crippen LogP contribution is 2.29. The monoisotopic (exact) mass is 302 g/mol. The van der Waals surface area contributed by atoms with Gasteiger partial charge in [0.25, 0.3) is 0 Å². The molecule has 0 amide bonds. The lowest BCUT2D eigenvalue weighted by Gasteiger charge is -2.28. The summed E-state index contributed by atoms with van der Waals surface area (Å²) in [5.41, 5.74) is 1.48. The maximum absolute atomic E-state index is 10.4. The lowest BCUT2D eigenvalue weighted by Crippen LogP contribution is -2.34. The molecule has 0 bridgehead atoms. The molecule has 0 spiro atoms. The SMILES string of the molecule is CCc1nn(CC)c(CC(C)(O)C(C)C)c1Br. The molecule has 98 valence electrons. The van der Waals surface area contributed by atoms with Gasteiger partial charge in [-0.2, -0.15) is 5.10 Å². The van der Waals surface area contributed by atoms with Crippen molar-refractivity contribution in [3.63, 3.8) is 0 Å². The molecule has 1 unspecified atom stereocenters. The fourth-order valence-corrected chi connectivity index (χ4v) is 2.43. The quantitative estimate of drug-likeness (QED) is 0.907. The number of hydrogen-bond donors (Lipinski definition) is 1. The first kappa shape index (κ1) is 14.7. The molecule has 17 heavy (non-hydrogen) atoms. The Morgan fingerprint density at radius 3 is 2.41 bits per heavy atom. The van der Waals surface area contributed by atoms with Gasteiger partial charge in [0.2, 0.25) is 0 Å². The maximum atomic E-state index is 10.4. The minimum absolute atomic E-state index is 0.222. The first-order valence-corrected chi connectivity index (χ1v) is 7.09. The summed E-state index contributed by atoms with van der Waals surface area (Å²) >= 11 is 3.61. The van der Waals surface area contributed by atoms with Gasteiger partial charge in [0.15, 0.2) is 0 Å². The molecule has 3 nitrogen and oxygen atoms in total. The normalized spacial score (nSPS) is 15.3. The molecule has 4 heteroatoms. The molecule has 1 atom stereocenters. The fraction of sp³-hybridized carbons (Fsp3) is 0.769. The van der Waals surface area contributed by atoms with Crippen LogP contribution in [0.3, 0.4) is 0 Å². The van der Waals surface area contributed by atoms with Crippen LogP contribution >= 0.6 is 15.9 Å². The van der Waals surface area contributed by atoms with Gasteiger partial charge in [-0.25, -0.2) is 0 Å². The Hall–Kier alpha value is -0.350. The summed E-state index contributed by atoms with van der Waals surface area (Å²) in [6.45, 7) is 11.0. The Labute approximate surface area is 112 Å². The third-order valence-corrected chi connectivity index (χ3v) is 4.38. The van der Waals surface area contributed by atoms with E-state index in [1.807, 2.05) is 25.5 Å². The molecule has 1 heterocycles. The molecule has 0 aliphatic rings. The van der Waals surface area contributed by atoms with Crippen LogP contribution in [-0.4, -0.2) is 20.5 Å². The van der Waals surface area contributed by atoms with Gasteiger partial charge < -0.3 is 5.11 Å². The van der Waals surface area contributed by atoms with E-state index in [-0.39, 0.29) is 5.92 Å². The lowest BCUT2D eigenvalue weighted by molar-refractivity contribution is 0.0120. The molecular weight excluding hydrogens is 280 g/mol. The second-order valence-corrected chi connectivity index (χ2v) is 5.86. The van der Waals surface area contributed by atoms with Gasteiger partial charge in [-0.1, -0.05) is 20.8 Å². The van der Waals surface area contributed by atoms with E-state index in [1.165, 1.54) is 0 Å². The van der Waals surface area contributed by atoms with Crippen molar-refractivity contribution in [1.82, 2.24) is 9.78 Å². The van der Waals surface area contributed by atoms with E-state index in [4.69, 9.17) is 0 Å². The lowest BCUT2D eigenvalue weighted by atomic mass is 9.88. The van der Waals surface area contributed by atoms with Crippen LogP contribution in [0.1, 0.15) is 46.0 Å². The first-order valence-electron chi connectivity index (χ1n) is 6.29. The van der Waals surface area contributed by atoms with Crippen molar-refractivity contribution < 1.29 is 5.11 Å². The van der Waals surface area contributed by atoms with Gasteiger partial charge in [0.05, 0.1) is 21.5 Å². The molecule has 0 saturated heterocycles. The van der Waals surface area contributed by atoms with Gasteiger partial charge in [-0.3, -0.25) is 4.68 Å². The summed E-state index contributed by atoms with van der Waals surface area (Å²) in [6, 6.07) is 0. The van der Waals surface area contributed by atoms with E-state index in [2.05, 4.69) is 34.9 Å². The number of hydrogen-bond acceptors (Lipinski definition) is 2. The van der Waals surface area contributed by atoms with Crippen molar-refractivity contribution in [3.05, 3.63) is 15.9 Å². The summed E-state index contributed by atoms with van der Waals surface area (Å²) in [7, 11) is 0. The Morgan fingerprint density at radius 1 is 1.41 bits per heavy atom. The topological polar surface area (TPSA) is 38.0 Å². The first-order chi connectivity index (χ1) is 7.83. The predicted molar refractivity (Wildman–Crippen MR) is 74.1 cm³/mol. The number of aromatic nitrogens is 2. The van der Waals surface area contributed by atoms with Crippen LogP contribution in [0.4, 0.5) is 0 Å². The number of aryl methyl sites for hydroxylation is 2. The summed E-state index contributed by atoms with van der Waals surface area (Å²) < 4.78 is 3.04. The Morgan fingerprint density at radius 2 is 2.00 bits per heavy atom. The average Bonchev–Trinajstić information content (AvgIpc) is 2.55. The third kappa shape index (κ3) is 3.10. The van der Waals surface area contributed by atoms with Crippen LogP contribution in [0.2, 0.25) is 0 Å². The number of aliphatic hydroxyl groups is 1. The summed E-state index contributed by atoms with van der Waals surface area (Å²) in [4.78, 5) is 0. The standard InChI is InChI=1S/C13H23BrN2O/c1-6-10-12(14)11(16(7-2)15-10)8-13(5,17)9(3)4/h9,17H,6-8H2,1-5H3. The summed E-state index contributed by atoms with van der Waals surface area (Å²) in [6.07, 6.45) is 1.54. The highest BCUT2D eigenvalue weighted by atomic mass is 79.9. The second kappa shape index (κ2) is 5.53. The molecule has 0 aliphatic carbocycles. The molecule has 1 N–H and O–H groups in total. The number of nitrogens with zero attached hydrogens (tertiary/aromatic N) is 2. The zero-order valence-electron chi connectivity index (χ0n) is 11.4. The van der Waals surface area contributed by atoms with Gasteiger partial charge in [0, 0.05) is 13.0 Å². The Balaban J connectivity index is 3.09. The van der Waals surface area contributed by atoms with E-state index in [9.17, 15) is 5.11 Å². The van der Waals surface area contributed by atoms with Gasteiger partial charge in [0.1, 0.15) is 0 Å². The summed E-state index contributed by atoms with van der Waals surface area (Å²) in [5, 5.41) is 15.0.